The van der Waals surface area contributed by atoms with Crippen molar-refractivity contribution in [2.24, 2.45) is 29.6 Å². The molecular formula is C28H39F5O. The van der Waals surface area contributed by atoms with Gasteiger partial charge in [0.1, 0.15) is 0 Å². The van der Waals surface area contributed by atoms with Gasteiger partial charge in [-0.25, -0.2) is 8.78 Å². The molecule has 4 unspecified atom stereocenters. The molecule has 3 saturated carbocycles. The fourth-order valence-corrected chi connectivity index (χ4v) is 7.32. The van der Waals surface area contributed by atoms with Gasteiger partial charge in [0, 0.05) is 0 Å². The minimum absolute atomic E-state index is 0.000274. The van der Waals surface area contributed by atoms with Crippen LogP contribution in [0.4, 0.5) is 22.0 Å². The molecule has 6 heteroatoms. The fraction of sp³-hybridized carbons (Fsp3) is 0.786. The van der Waals surface area contributed by atoms with Crippen LogP contribution < -0.4 is 4.74 Å². The summed E-state index contributed by atoms with van der Waals surface area (Å²) in [5.74, 6) is -0.0491. The van der Waals surface area contributed by atoms with Gasteiger partial charge in [-0.3, -0.25) is 0 Å². The molecule has 0 amide bonds. The lowest BCUT2D eigenvalue weighted by Crippen LogP contribution is -2.34. The average Bonchev–Trinajstić information content (AvgIpc) is 2.80. The van der Waals surface area contributed by atoms with Crippen molar-refractivity contribution in [1.29, 1.82) is 0 Å². The highest BCUT2D eigenvalue weighted by Crippen LogP contribution is 2.51. The molecule has 4 atom stereocenters. The Morgan fingerprint density at radius 1 is 0.765 bits per heavy atom. The minimum atomic E-state index is -5.12. The normalized spacial score (nSPS) is 32.3. The van der Waals surface area contributed by atoms with Crippen molar-refractivity contribution in [2.75, 3.05) is 0 Å². The first-order valence-corrected chi connectivity index (χ1v) is 13.5. The van der Waals surface area contributed by atoms with Gasteiger partial charge >= 0.3 is 6.36 Å². The van der Waals surface area contributed by atoms with Crippen molar-refractivity contribution >= 4 is 0 Å². The third kappa shape index (κ3) is 6.46. The molecule has 0 bridgehead atoms. The van der Waals surface area contributed by atoms with Crippen LogP contribution in [0, 0.1) is 41.2 Å². The number of benzene rings is 1. The van der Waals surface area contributed by atoms with Gasteiger partial charge < -0.3 is 4.74 Å². The Kier molecular flexibility index (Phi) is 8.45. The van der Waals surface area contributed by atoms with Crippen LogP contribution in [0.15, 0.2) is 12.1 Å². The summed E-state index contributed by atoms with van der Waals surface area (Å²) in [6, 6.07) is 2.08. The number of hydrogen-bond donors (Lipinski definition) is 0. The van der Waals surface area contributed by atoms with E-state index in [1.165, 1.54) is 70.6 Å². The Balaban J connectivity index is 1.29. The van der Waals surface area contributed by atoms with Gasteiger partial charge in [0.2, 0.25) is 5.75 Å². The summed E-state index contributed by atoms with van der Waals surface area (Å²) in [5, 5.41) is 0. The van der Waals surface area contributed by atoms with Gasteiger partial charge in [0.25, 0.3) is 0 Å². The van der Waals surface area contributed by atoms with Gasteiger partial charge in [0.15, 0.2) is 11.6 Å². The summed E-state index contributed by atoms with van der Waals surface area (Å²) in [4.78, 5) is 0. The molecule has 3 aliphatic carbocycles. The molecule has 192 valence electrons. The Hall–Kier alpha value is -1.33. The monoisotopic (exact) mass is 486 g/mol. The number of halogens is 5. The molecule has 0 N–H and O–H groups in total. The van der Waals surface area contributed by atoms with Crippen LogP contribution in [-0.2, 0) is 0 Å². The van der Waals surface area contributed by atoms with Crippen molar-refractivity contribution < 1.29 is 26.7 Å². The molecular weight excluding hydrogens is 447 g/mol. The molecule has 0 aromatic heterocycles. The zero-order valence-electron chi connectivity index (χ0n) is 20.3. The predicted octanol–water partition coefficient (Wildman–Crippen LogP) is 9.55. The van der Waals surface area contributed by atoms with Crippen LogP contribution in [0.25, 0.3) is 0 Å². The van der Waals surface area contributed by atoms with E-state index in [0.29, 0.717) is 17.4 Å². The molecule has 34 heavy (non-hydrogen) atoms. The first-order chi connectivity index (χ1) is 16.2. The van der Waals surface area contributed by atoms with Gasteiger partial charge in [-0.2, -0.15) is 0 Å². The number of unbranched alkanes of at least 4 members (excludes halogenated alkanes) is 2. The van der Waals surface area contributed by atoms with Crippen molar-refractivity contribution in [3.05, 3.63) is 29.3 Å². The molecule has 0 radical (unpaired) electrons. The summed E-state index contributed by atoms with van der Waals surface area (Å²) in [6.45, 7) is 2.26. The molecule has 4 rings (SSSR count). The van der Waals surface area contributed by atoms with E-state index < -0.39 is 23.7 Å². The second-order valence-corrected chi connectivity index (χ2v) is 11.2. The van der Waals surface area contributed by atoms with Crippen molar-refractivity contribution in [1.82, 2.24) is 0 Å². The third-order valence-electron chi connectivity index (χ3n) is 9.14. The molecule has 0 heterocycles. The molecule has 1 aromatic carbocycles. The number of rotatable bonds is 7. The Bertz CT molecular complexity index is 775. The van der Waals surface area contributed by atoms with Gasteiger partial charge in [-0.1, -0.05) is 45.4 Å². The van der Waals surface area contributed by atoms with E-state index in [1.54, 1.807) is 0 Å². The maximum absolute atomic E-state index is 14.2. The Labute approximate surface area is 200 Å². The molecule has 1 aromatic rings. The number of alkyl halides is 3. The van der Waals surface area contributed by atoms with Crippen molar-refractivity contribution in [3.63, 3.8) is 0 Å². The molecule has 3 fully saturated rings. The highest BCUT2D eigenvalue weighted by Gasteiger charge is 2.40. The number of ether oxygens (including phenoxy) is 1. The second kappa shape index (κ2) is 11.2. The van der Waals surface area contributed by atoms with Crippen LogP contribution in [-0.4, -0.2) is 6.36 Å². The zero-order valence-corrected chi connectivity index (χ0v) is 20.3. The SMILES string of the molecule is CCCCCC1CCC(C2CCC3CC(c4cc(F)c(OC(F)(F)F)c(F)c4)CCC3C2)CC1. The van der Waals surface area contributed by atoms with Crippen molar-refractivity contribution in [2.45, 2.75) is 109 Å². The standard InChI is InChI=1S/C28H39F5O/c1-2-3-4-5-18-6-8-19(9-7-18)20-10-11-22-15-23(13-12-21(22)14-20)24-16-25(29)27(26(30)17-24)34-28(31,32)33/h16-23H,2-15H2,1H3. The van der Waals surface area contributed by atoms with E-state index in [2.05, 4.69) is 11.7 Å². The van der Waals surface area contributed by atoms with E-state index in [9.17, 15) is 22.0 Å². The maximum atomic E-state index is 14.2. The second-order valence-electron chi connectivity index (χ2n) is 11.2. The predicted molar refractivity (Wildman–Crippen MR) is 124 cm³/mol. The number of fused-ring (bicyclic) bond motifs is 1. The summed E-state index contributed by atoms with van der Waals surface area (Å²) in [5.41, 5.74) is 0.464. The van der Waals surface area contributed by atoms with Crippen LogP contribution in [0.1, 0.15) is 108 Å². The molecule has 3 aliphatic rings. The molecule has 0 saturated heterocycles. The summed E-state index contributed by atoms with van der Waals surface area (Å²) >= 11 is 0. The molecule has 0 spiro atoms. The smallest absolute Gasteiger partial charge is 0.399 e. The lowest BCUT2D eigenvalue weighted by molar-refractivity contribution is -0.276. The van der Waals surface area contributed by atoms with E-state index in [4.69, 9.17) is 0 Å². The fourth-order valence-electron chi connectivity index (χ4n) is 7.32. The zero-order chi connectivity index (χ0) is 24.3. The van der Waals surface area contributed by atoms with E-state index >= 15 is 0 Å². The Morgan fingerprint density at radius 2 is 1.32 bits per heavy atom. The summed E-state index contributed by atoms with van der Waals surface area (Å²) < 4.78 is 69.3. The highest BCUT2D eigenvalue weighted by atomic mass is 19.4. The largest absolute Gasteiger partial charge is 0.573 e. The third-order valence-corrected chi connectivity index (χ3v) is 9.14. The first-order valence-electron chi connectivity index (χ1n) is 13.5. The van der Waals surface area contributed by atoms with Gasteiger partial charge in [0.05, 0.1) is 0 Å². The van der Waals surface area contributed by atoms with E-state index in [-0.39, 0.29) is 5.92 Å². The highest BCUT2D eigenvalue weighted by molar-refractivity contribution is 5.33. The molecule has 1 nitrogen and oxygen atoms in total. The molecule has 0 aliphatic heterocycles. The van der Waals surface area contributed by atoms with Crippen LogP contribution in [0.2, 0.25) is 0 Å². The van der Waals surface area contributed by atoms with Gasteiger partial charge in [-0.05, 0) is 105 Å². The lowest BCUT2D eigenvalue weighted by atomic mass is 9.60. The van der Waals surface area contributed by atoms with E-state index in [0.717, 1.165) is 49.1 Å². The van der Waals surface area contributed by atoms with Crippen LogP contribution in [0.3, 0.4) is 0 Å². The topological polar surface area (TPSA) is 9.23 Å². The number of hydrogen-bond acceptors (Lipinski definition) is 1. The maximum Gasteiger partial charge on any atom is 0.573 e. The lowest BCUT2D eigenvalue weighted by Gasteiger charge is -2.45. The minimum Gasteiger partial charge on any atom is -0.399 e. The summed E-state index contributed by atoms with van der Waals surface area (Å²) in [7, 11) is 0. The first kappa shape index (κ1) is 25.8. The van der Waals surface area contributed by atoms with Crippen LogP contribution in [0.5, 0.6) is 5.75 Å². The quantitative estimate of drug-likeness (QED) is 0.275. The van der Waals surface area contributed by atoms with Gasteiger partial charge in [-0.15, -0.1) is 13.2 Å². The average molecular weight is 487 g/mol. The van der Waals surface area contributed by atoms with E-state index in [1.807, 2.05) is 0 Å². The van der Waals surface area contributed by atoms with Crippen LogP contribution >= 0.6 is 0 Å². The summed E-state index contributed by atoms with van der Waals surface area (Å²) in [6.07, 6.45) is 12.3. The Morgan fingerprint density at radius 3 is 1.94 bits per heavy atom. The van der Waals surface area contributed by atoms with Crippen molar-refractivity contribution in [3.8, 4) is 5.75 Å².